The van der Waals surface area contributed by atoms with Gasteiger partial charge in [-0.25, -0.2) is 9.78 Å². The zero-order chi connectivity index (χ0) is 26.1. The summed E-state index contributed by atoms with van der Waals surface area (Å²) in [5.41, 5.74) is 0.693. The number of amides is 2. The van der Waals surface area contributed by atoms with Gasteiger partial charge in [0, 0.05) is 24.2 Å². The van der Waals surface area contributed by atoms with E-state index in [0.29, 0.717) is 49.1 Å². The number of pyridine rings is 1. The van der Waals surface area contributed by atoms with E-state index in [1.807, 2.05) is 12.2 Å². The molecule has 0 spiro atoms. The van der Waals surface area contributed by atoms with E-state index in [9.17, 15) is 19.5 Å². The molecule has 9 heteroatoms. The molecule has 0 saturated heterocycles. The van der Waals surface area contributed by atoms with Gasteiger partial charge < -0.3 is 20.1 Å². The second kappa shape index (κ2) is 12.5. The van der Waals surface area contributed by atoms with Crippen molar-refractivity contribution in [3.8, 4) is 0 Å². The number of carbonyl (C=O) groups is 3. The molecule has 2 atom stereocenters. The number of ether oxygens (including phenoxy) is 1. The zero-order valence-electron chi connectivity index (χ0n) is 21.3. The fourth-order valence-corrected chi connectivity index (χ4v) is 4.22. The Morgan fingerprint density at radius 3 is 2.67 bits per heavy atom. The van der Waals surface area contributed by atoms with E-state index in [-0.39, 0.29) is 5.91 Å². The van der Waals surface area contributed by atoms with Gasteiger partial charge in [-0.05, 0) is 76.0 Å². The van der Waals surface area contributed by atoms with E-state index in [4.69, 9.17) is 4.74 Å². The first-order chi connectivity index (χ1) is 17.2. The van der Waals surface area contributed by atoms with Crippen molar-refractivity contribution >= 4 is 34.6 Å². The third-order valence-corrected chi connectivity index (χ3v) is 6.75. The summed E-state index contributed by atoms with van der Waals surface area (Å²) in [5.74, 6) is -1.05. The summed E-state index contributed by atoms with van der Waals surface area (Å²) in [6.07, 6.45) is 4.64. The van der Waals surface area contributed by atoms with Crippen molar-refractivity contribution in [3.63, 3.8) is 0 Å². The van der Waals surface area contributed by atoms with Crippen LogP contribution in [0.4, 0.5) is 10.5 Å². The van der Waals surface area contributed by atoms with Gasteiger partial charge in [0.05, 0.1) is 10.9 Å². The van der Waals surface area contributed by atoms with Crippen molar-refractivity contribution in [2.75, 3.05) is 31.5 Å². The second-order valence-electron chi connectivity index (χ2n) is 9.33. The van der Waals surface area contributed by atoms with Crippen LogP contribution >= 0.6 is 0 Å². The molecular formula is C27H36N4O5. The summed E-state index contributed by atoms with van der Waals surface area (Å²) < 4.78 is 5.54. The molecule has 0 bridgehead atoms. The second-order valence-corrected chi connectivity index (χ2v) is 9.33. The molecule has 0 radical (unpaired) electrons. The maximum Gasteiger partial charge on any atom is 0.412 e. The van der Waals surface area contributed by atoms with E-state index in [2.05, 4.69) is 34.4 Å². The summed E-state index contributed by atoms with van der Waals surface area (Å²) in [4.78, 5) is 43.2. The van der Waals surface area contributed by atoms with Crippen molar-refractivity contribution in [3.05, 3.63) is 48.2 Å². The monoisotopic (exact) mass is 496 g/mol. The Hall–Kier alpha value is -3.46. The molecule has 3 rings (SSSR count). The Morgan fingerprint density at radius 1 is 1.17 bits per heavy atom. The van der Waals surface area contributed by atoms with Crippen LogP contribution in [0.1, 0.15) is 56.9 Å². The number of carboxylic acids is 1. The van der Waals surface area contributed by atoms with Crippen LogP contribution in [0.25, 0.3) is 10.9 Å². The quantitative estimate of drug-likeness (QED) is 0.439. The van der Waals surface area contributed by atoms with Gasteiger partial charge in [0.2, 0.25) is 0 Å². The van der Waals surface area contributed by atoms with Gasteiger partial charge in [-0.15, -0.1) is 0 Å². The van der Waals surface area contributed by atoms with Gasteiger partial charge >= 0.3 is 12.1 Å². The van der Waals surface area contributed by atoms with Crippen molar-refractivity contribution in [1.29, 1.82) is 0 Å². The fourth-order valence-electron chi connectivity index (χ4n) is 4.22. The summed E-state index contributed by atoms with van der Waals surface area (Å²) in [5, 5.41) is 15.9. The van der Waals surface area contributed by atoms with Crippen molar-refractivity contribution < 1.29 is 24.2 Å². The molecule has 1 aromatic heterocycles. The normalized spacial score (nSPS) is 20.8. The van der Waals surface area contributed by atoms with Gasteiger partial charge in [-0.3, -0.25) is 14.9 Å². The van der Waals surface area contributed by atoms with Crippen LogP contribution in [0.3, 0.4) is 0 Å². The Bertz CT molecular complexity index is 1110. The first kappa shape index (κ1) is 27.1. The van der Waals surface area contributed by atoms with Gasteiger partial charge in [-0.1, -0.05) is 26.0 Å². The number of nitrogens with zero attached hydrogens (tertiary/aromatic N) is 2. The lowest BCUT2D eigenvalue weighted by Gasteiger charge is -2.27. The Kier molecular flexibility index (Phi) is 9.41. The first-order valence-corrected chi connectivity index (χ1v) is 12.5. The van der Waals surface area contributed by atoms with Crippen molar-refractivity contribution in [2.24, 2.45) is 5.41 Å². The maximum atomic E-state index is 12.5. The largest absolute Gasteiger partial charge is 0.481 e. The molecule has 0 saturated carbocycles. The molecule has 2 aromatic rings. The van der Waals surface area contributed by atoms with Crippen LogP contribution in [0.5, 0.6) is 0 Å². The molecule has 0 aliphatic heterocycles. The third-order valence-electron chi connectivity index (χ3n) is 6.75. The lowest BCUT2D eigenvalue weighted by molar-refractivity contribution is -0.149. The molecular weight excluding hydrogens is 460 g/mol. The zero-order valence-corrected chi connectivity index (χ0v) is 21.3. The molecule has 0 unspecified atom stereocenters. The first-order valence-electron chi connectivity index (χ1n) is 12.5. The molecule has 0 fully saturated rings. The van der Waals surface area contributed by atoms with Crippen LogP contribution in [0.2, 0.25) is 0 Å². The number of anilines is 1. The number of aromatic nitrogens is 1. The average molecular weight is 497 g/mol. The number of benzene rings is 1. The summed E-state index contributed by atoms with van der Waals surface area (Å²) in [6, 6.07) is 8.67. The van der Waals surface area contributed by atoms with E-state index in [1.165, 1.54) is 0 Å². The van der Waals surface area contributed by atoms with Gasteiger partial charge in [0.25, 0.3) is 5.91 Å². The molecule has 1 aliphatic rings. The minimum absolute atomic E-state index is 0.221. The molecule has 9 nitrogen and oxygen atoms in total. The maximum absolute atomic E-state index is 12.5. The number of aliphatic carboxylic acids is 1. The smallest absolute Gasteiger partial charge is 0.412 e. The third kappa shape index (κ3) is 7.27. The Labute approximate surface area is 211 Å². The Balaban J connectivity index is 1.57. The summed E-state index contributed by atoms with van der Waals surface area (Å²) in [6.45, 7) is 9.12. The average Bonchev–Trinajstić information content (AvgIpc) is 2.85. The number of hydrogen-bond donors (Lipinski definition) is 3. The van der Waals surface area contributed by atoms with E-state index in [1.54, 1.807) is 37.3 Å². The van der Waals surface area contributed by atoms with Crippen molar-refractivity contribution in [1.82, 2.24) is 15.2 Å². The fraction of sp³-hybridized carbons (Fsp3) is 0.481. The number of carbonyl (C=O) groups excluding carboxylic acids is 2. The van der Waals surface area contributed by atoms with Crippen LogP contribution < -0.4 is 10.6 Å². The number of allylic oxidation sites excluding steroid dienone is 1. The predicted molar refractivity (Wildman–Crippen MR) is 139 cm³/mol. The lowest BCUT2D eigenvalue weighted by Crippen LogP contribution is -2.35. The van der Waals surface area contributed by atoms with E-state index >= 15 is 0 Å². The minimum atomic E-state index is -0.828. The number of fused-ring (bicyclic) bond motifs is 1. The molecule has 1 aliphatic carbocycles. The van der Waals surface area contributed by atoms with Crippen LogP contribution in [0, 0.1) is 5.41 Å². The van der Waals surface area contributed by atoms with Gasteiger partial charge in [0.1, 0.15) is 11.8 Å². The Morgan fingerprint density at radius 2 is 1.94 bits per heavy atom. The van der Waals surface area contributed by atoms with Gasteiger partial charge in [-0.2, -0.15) is 0 Å². The molecule has 1 heterocycles. The SMILES string of the molecule is CCN(CC)CCNC(=O)c1ccc2cc(NC(=O)O[C@H]3/C=C/CC[C@@](C)(C(=O)O)CC3)ccc2n1. The molecule has 2 amide bonds. The predicted octanol–water partition coefficient (Wildman–Crippen LogP) is 4.44. The molecule has 3 N–H and O–H groups in total. The topological polar surface area (TPSA) is 121 Å². The van der Waals surface area contributed by atoms with Gasteiger partial charge in [0.15, 0.2) is 0 Å². The highest BCUT2D eigenvalue weighted by molar-refractivity contribution is 5.96. The summed E-state index contributed by atoms with van der Waals surface area (Å²) in [7, 11) is 0. The van der Waals surface area contributed by atoms with Crippen LogP contribution in [0.15, 0.2) is 42.5 Å². The number of nitrogens with one attached hydrogen (secondary N) is 2. The highest BCUT2D eigenvalue weighted by atomic mass is 16.6. The lowest BCUT2D eigenvalue weighted by atomic mass is 9.79. The number of rotatable bonds is 9. The number of hydrogen-bond acceptors (Lipinski definition) is 6. The minimum Gasteiger partial charge on any atom is -0.481 e. The highest BCUT2D eigenvalue weighted by Crippen LogP contribution is 2.33. The highest BCUT2D eigenvalue weighted by Gasteiger charge is 2.34. The standard InChI is InChI=1S/C27H36N4O5/c1-4-31(5-2)17-16-28-24(32)23-11-9-19-18-20(10-12-22(19)30-23)29-26(35)36-21-8-6-7-14-27(3,15-13-21)25(33)34/h6,8-12,18,21H,4-5,7,13-17H2,1-3H3,(H,28,32)(H,29,35)(H,33,34)/b8-6+/t21-,27+/m0/s1. The molecule has 194 valence electrons. The number of likely N-dealkylation sites (N-methyl/N-ethyl adjacent to an activating group) is 1. The van der Waals surface area contributed by atoms with Crippen LogP contribution in [-0.2, 0) is 9.53 Å². The van der Waals surface area contributed by atoms with E-state index < -0.39 is 23.6 Å². The van der Waals surface area contributed by atoms with E-state index in [0.717, 1.165) is 25.0 Å². The number of carboxylic acid groups (broad SMARTS) is 1. The van der Waals surface area contributed by atoms with Crippen LogP contribution in [-0.4, -0.2) is 65.2 Å². The molecule has 1 aromatic carbocycles. The summed E-state index contributed by atoms with van der Waals surface area (Å²) >= 11 is 0. The molecule has 36 heavy (non-hydrogen) atoms. The van der Waals surface area contributed by atoms with Crippen molar-refractivity contribution in [2.45, 2.75) is 52.6 Å².